The van der Waals surface area contributed by atoms with Crippen LogP contribution in [0.1, 0.15) is 26.5 Å². The number of nitrogens with zero attached hydrogens (tertiary/aromatic N) is 2. The summed E-state index contributed by atoms with van der Waals surface area (Å²) in [7, 11) is 0. The zero-order valence-corrected chi connectivity index (χ0v) is 15.1. The molecule has 0 bridgehead atoms. The van der Waals surface area contributed by atoms with E-state index in [1.54, 1.807) is 0 Å². The molecule has 24 heavy (non-hydrogen) atoms. The molecule has 2 heterocycles. The lowest BCUT2D eigenvalue weighted by atomic mass is 10.2. The Hall–Kier alpha value is -1.73. The number of rotatable bonds is 5. The predicted molar refractivity (Wildman–Crippen MR) is 87.3 cm³/mol. The minimum Gasteiger partial charge on any atom is -0.463 e. The zero-order chi connectivity index (χ0) is 17.9. The Balaban J connectivity index is 2.27. The van der Waals surface area contributed by atoms with Crippen LogP contribution in [0.25, 0.3) is 0 Å². The van der Waals surface area contributed by atoms with Crippen molar-refractivity contribution >= 4 is 40.3 Å². The van der Waals surface area contributed by atoms with E-state index in [0.717, 1.165) is 0 Å². The van der Waals surface area contributed by atoms with Gasteiger partial charge in [0, 0.05) is 26.5 Å². The van der Waals surface area contributed by atoms with E-state index >= 15 is 0 Å². The second kappa shape index (κ2) is 7.90. The first-order valence-electron chi connectivity index (χ1n) is 6.96. The SMILES string of the molecule is CC(=O)OC[C@@H]1C[C@@H](OC(C)=O)[C@H](n2cc(I)c(NO)nc2=O)O1. The highest BCUT2D eigenvalue weighted by Crippen LogP contribution is 2.31. The van der Waals surface area contributed by atoms with Gasteiger partial charge in [0.2, 0.25) is 0 Å². The summed E-state index contributed by atoms with van der Waals surface area (Å²) in [6, 6.07) is 0. The largest absolute Gasteiger partial charge is 0.463 e. The van der Waals surface area contributed by atoms with Crippen LogP contribution in [0, 0.1) is 3.57 Å². The van der Waals surface area contributed by atoms with E-state index < -0.39 is 36.1 Å². The number of carbonyl (C=O) groups excluding carboxylic acids is 2. The standard InChI is InChI=1S/C13H16IN3O7/c1-6(18)22-5-8-3-10(23-7(2)19)12(24-8)17-4-9(14)11(16-21)15-13(17)20/h4,8,10,12,21H,3,5H2,1-2H3,(H,15,16,20)/t8-,10+,12+/m0/s1. The maximum absolute atomic E-state index is 12.1. The Morgan fingerprint density at radius 1 is 1.50 bits per heavy atom. The van der Waals surface area contributed by atoms with Crippen molar-refractivity contribution in [2.24, 2.45) is 0 Å². The molecule has 0 radical (unpaired) electrons. The summed E-state index contributed by atoms with van der Waals surface area (Å²) in [4.78, 5) is 38.0. The van der Waals surface area contributed by atoms with Crippen LogP contribution < -0.4 is 11.2 Å². The van der Waals surface area contributed by atoms with E-state index in [1.807, 2.05) is 28.1 Å². The molecule has 0 spiro atoms. The summed E-state index contributed by atoms with van der Waals surface area (Å²) in [5.41, 5.74) is 1.13. The topological polar surface area (TPSA) is 129 Å². The fourth-order valence-electron chi connectivity index (χ4n) is 2.30. The highest BCUT2D eigenvalue weighted by molar-refractivity contribution is 14.1. The fourth-order valence-corrected chi connectivity index (χ4v) is 2.84. The van der Waals surface area contributed by atoms with Gasteiger partial charge in [0.15, 0.2) is 12.0 Å². The molecule has 10 nitrogen and oxygen atoms in total. The van der Waals surface area contributed by atoms with E-state index in [0.29, 0.717) is 3.57 Å². The van der Waals surface area contributed by atoms with Gasteiger partial charge in [0.1, 0.15) is 12.7 Å². The van der Waals surface area contributed by atoms with Gasteiger partial charge < -0.3 is 14.2 Å². The summed E-state index contributed by atoms with van der Waals surface area (Å²) >= 11 is 1.87. The first kappa shape index (κ1) is 18.6. The summed E-state index contributed by atoms with van der Waals surface area (Å²) < 4.78 is 17.4. The highest BCUT2D eigenvalue weighted by Gasteiger charge is 2.40. The molecule has 1 aliphatic rings. The molecule has 11 heteroatoms. The third kappa shape index (κ3) is 4.42. The van der Waals surface area contributed by atoms with Crippen molar-refractivity contribution in [3.05, 3.63) is 20.3 Å². The monoisotopic (exact) mass is 453 g/mol. The molecule has 0 saturated carbocycles. The molecule has 0 aliphatic carbocycles. The van der Waals surface area contributed by atoms with Crippen LogP contribution in [0.3, 0.4) is 0 Å². The van der Waals surface area contributed by atoms with E-state index in [-0.39, 0.29) is 18.8 Å². The summed E-state index contributed by atoms with van der Waals surface area (Å²) in [5.74, 6) is -0.973. The second-order valence-electron chi connectivity index (χ2n) is 5.07. The zero-order valence-electron chi connectivity index (χ0n) is 12.9. The first-order valence-corrected chi connectivity index (χ1v) is 8.04. The van der Waals surface area contributed by atoms with Gasteiger partial charge in [-0.3, -0.25) is 24.8 Å². The molecular formula is C13H16IN3O7. The summed E-state index contributed by atoms with van der Waals surface area (Å²) in [6.45, 7) is 2.51. The van der Waals surface area contributed by atoms with Crippen molar-refractivity contribution in [3.8, 4) is 0 Å². The number of esters is 2. The van der Waals surface area contributed by atoms with Gasteiger partial charge >= 0.3 is 17.6 Å². The van der Waals surface area contributed by atoms with Crippen LogP contribution in [-0.2, 0) is 23.8 Å². The Labute approximate surface area is 150 Å². The van der Waals surface area contributed by atoms with E-state index in [4.69, 9.17) is 19.4 Å². The minimum absolute atomic E-state index is 0.00958. The second-order valence-corrected chi connectivity index (χ2v) is 6.24. The summed E-state index contributed by atoms with van der Waals surface area (Å²) in [6.07, 6.45) is -0.477. The molecule has 0 unspecified atom stereocenters. The Morgan fingerprint density at radius 3 is 2.79 bits per heavy atom. The van der Waals surface area contributed by atoms with E-state index in [1.165, 1.54) is 24.6 Å². The molecule has 2 N–H and O–H groups in total. The van der Waals surface area contributed by atoms with Crippen LogP contribution in [0.15, 0.2) is 11.0 Å². The molecule has 132 valence electrons. The van der Waals surface area contributed by atoms with Crippen LogP contribution in [0.5, 0.6) is 0 Å². The fraction of sp³-hybridized carbons (Fsp3) is 0.538. The minimum atomic E-state index is -0.907. The van der Waals surface area contributed by atoms with Gasteiger partial charge in [-0.2, -0.15) is 4.98 Å². The molecule has 1 aromatic rings. The van der Waals surface area contributed by atoms with E-state index in [2.05, 4.69) is 4.98 Å². The lowest BCUT2D eigenvalue weighted by Crippen LogP contribution is -2.34. The number of hydrogen-bond donors (Lipinski definition) is 2. The van der Waals surface area contributed by atoms with E-state index in [9.17, 15) is 14.4 Å². The number of ether oxygens (including phenoxy) is 3. The van der Waals surface area contributed by atoms with Crippen molar-refractivity contribution in [3.63, 3.8) is 0 Å². The van der Waals surface area contributed by atoms with Crippen molar-refractivity contribution in [1.82, 2.24) is 9.55 Å². The van der Waals surface area contributed by atoms with Gasteiger partial charge in [-0.1, -0.05) is 0 Å². The average Bonchev–Trinajstić information content (AvgIpc) is 2.89. The maximum atomic E-state index is 12.1. The predicted octanol–water partition coefficient (Wildman–Crippen LogP) is 0.431. The van der Waals surface area contributed by atoms with Crippen LogP contribution in [-0.4, -0.2) is 45.5 Å². The third-order valence-electron chi connectivity index (χ3n) is 3.22. The Kier molecular flexibility index (Phi) is 6.12. The molecular weight excluding hydrogens is 437 g/mol. The van der Waals surface area contributed by atoms with Gasteiger partial charge in [-0.15, -0.1) is 0 Å². The Morgan fingerprint density at radius 2 is 2.21 bits per heavy atom. The smallest absolute Gasteiger partial charge is 0.351 e. The number of nitrogens with one attached hydrogen (secondary N) is 1. The lowest BCUT2D eigenvalue weighted by molar-refractivity contribution is -0.153. The number of carbonyl (C=O) groups is 2. The van der Waals surface area contributed by atoms with Gasteiger partial charge in [0.25, 0.3) is 0 Å². The maximum Gasteiger partial charge on any atom is 0.351 e. The van der Waals surface area contributed by atoms with Gasteiger partial charge in [0.05, 0.1) is 9.67 Å². The van der Waals surface area contributed by atoms with Crippen LogP contribution >= 0.6 is 22.6 Å². The molecule has 0 aromatic carbocycles. The average molecular weight is 453 g/mol. The van der Waals surface area contributed by atoms with Gasteiger partial charge in [-0.25, -0.2) is 4.79 Å². The van der Waals surface area contributed by atoms with Crippen molar-refractivity contribution in [2.75, 3.05) is 12.1 Å². The van der Waals surface area contributed by atoms with Crippen LogP contribution in [0.2, 0.25) is 0 Å². The molecule has 2 rings (SSSR count). The summed E-state index contributed by atoms with van der Waals surface area (Å²) in [5, 5.41) is 8.92. The van der Waals surface area contributed by atoms with Gasteiger partial charge in [-0.05, 0) is 22.6 Å². The van der Waals surface area contributed by atoms with Crippen molar-refractivity contribution in [1.29, 1.82) is 0 Å². The number of hydrogen-bond acceptors (Lipinski definition) is 9. The van der Waals surface area contributed by atoms with Crippen molar-refractivity contribution in [2.45, 2.75) is 38.7 Å². The number of halogens is 1. The first-order chi connectivity index (χ1) is 11.3. The number of anilines is 1. The molecule has 3 atom stereocenters. The molecule has 1 saturated heterocycles. The molecule has 1 fully saturated rings. The molecule has 0 amide bonds. The van der Waals surface area contributed by atoms with Crippen LogP contribution in [0.4, 0.5) is 5.82 Å². The Bertz CT molecular complexity index is 693. The third-order valence-corrected chi connectivity index (χ3v) is 4.01. The highest BCUT2D eigenvalue weighted by atomic mass is 127. The van der Waals surface area contributed by atoms with Crippen molar-refractivity contribution < 1.29 is 29.0 Å². The molecule has 1 aromatic heterocycles. The number of aromatic nitrogens is 2. The lowest BCUT2D eigenvalue weighted by Gasteiger charge is -2.20. The quantitative estimate of drug-likeness (QED) is 0.371. The molecule has 1 aliphatic heterocycles. The normalized spacial score (nSPS) is 22.9.